The van der Waals surface area contributed by atoms with E-state index in [0.29, 0.717) is 10.5 Å². The first kappa shape index (κ1) is 14.8. The summed E-state index contributed by atoms with van der Waals surface area (Å²) >= 11 is 5.01. The summed E-state index contributed by atoms with van der Waals surface area (Å²) in [6.07, 6.45) is 1.94. The van der Waals surface area contributed by atoms with Gasteiger partial charge < -0.3 is 4.74 Å². The van der Waals surface area contributed by atoms with Crippen LogP contribution in [0.15, 0.2) is 0 Å². The Morgan fingerprint density at radius 1 is 1.53 bits per heavy atom. The Bertz CT molecular complexity index is 489. The topological polar surface area (TPSA) is 51.2 Å². The lowest BCUT2D eigenvalue weighted by atomic mass is 10.1. The van der Waals surface area contributed by atoms with E-state index in [2.05, 4.69) is 33.2 Å². The third kappa shape index (κ3) is 3.69. The van der Waals surface area contributed by atoms with Crippen molar-refractivity contribution >= 4 is 38.5 Å². The Hall–Kier alpha value is -0.620. The standard InChI is InChI=1S/C13H19BrN2O2S/c1-12(2,3)18-11(17)16-10-15-8(7-14)9(19-10)13(4)5-6-13/h5-7H2,1-4H3,(H,15,16,17). The molecule has 0 spiro atoms. The second-order valence-electron chi connectivity index (χ2n) is 6.12. The zero-order valence-electron chi connectivity index (χ0n) is 11.7. The first-order valence-corrected chi connectivity index (χ1v) is 8.23. The van der Waals surface area contributed by atoms with Crippen LogP contribution in [0.4, 0.5) is 9.93 Å². The van der Waals surface area contributed by atoms with Crippen molar-refractivity contribution in [1.82, 2.24) is 4.98 Å². The summed E-state index contributed by atoms with van der Waals surface area (Å²) in [5.74, 6) is 0. The minimum absolute atomic E-state index is 0.259. The molecule has 0 saturated heterocycles. The van der Waals surface area contributed by atoms with Gasteiger partial charge in [0.2, 0.25) is 0 Å². The van der Waals surface area contributed by atoms with Gasteiger partial charge in [-0.25, -0.2) is 9.78 Å². The molecule has 2 rings (SSSR count). The van der Waals surface area contributed by atoms with Crippen LogP contribution in [-0.4, -0.2) is 16.7 Å². The number of carbonyl (C=O) groups excluding carboxylic acids is 1. The Morgan fingerprint density at radius 2 is 2.16 bits per heavy atom. The number of ether oxygens (including phenoxy) is 1. The monoisotopic (exact) mass is 346 g/mol. The zero-order chi connectivity index (χ0) is 14.3. The number of alkyl halides is 1. The van der Waals surface area contributed by atoms with Gasteiger partial charge in [-0.15, -0.1) is 11.3 Å². The summed E-state index contributed by atoms with van der Waals surface area (Å²) < 4.78 is 5.23. The average Bonchev–Trinajstić information content (AvgIpc) is 2.87. The number of carbonyl (C=O) groups is 1. The summed E-state index contributed by atoms with van der Waals surface area (Å²) in [7, 11) is 0. The summed E-state index contributed by atoms with van der Waals surface area (Å²) in [6.45, 7) is 7.77. The fourth-order valence-electron chi connectivity index (χ4n) is 1.77. The van der Waals surface area contributed by atoms with Crippen LogP contribution in [0.3, 0.4) is 0 Å². The molecule has 1 aliphatic carbocycles. The molecular weight excluding hydrogens is 328 g/mol. The normalized spacial score (nSPS) is 17.1. The van der Waals surface area contributed by atoms with E-state index in [0.717, 1.165) is 5.69 Å². The van der Waals surface area contributed by atoms with Crippen LogP contribution in [0, 0.1) is 0 Å². The van der Waals surface area contributed by atoms with Gasteiger partial charge in [0.05, 0.1) is 5.69 Å². The maximum atomic E-state index is 11.7. The van der Waals surface area contributed by atoms with Crippen LogP contribution in [-0.2, 0) is 15.5 Å². The molecule has 0 aromatic carbocycles. The van der Waals surface area contributed by atoms with E-state index in [4.69, 9.17) is 4.74 Å². The van der Waals surface area contributed by atoms with E-state index < -0.39 is 11.7 Å². The number of hydrogen-bond donors (Lipinski definition) is 1. The van der Waals surface area contributed by atoms with Crippen molar-refractivity contribution in [3.05, 3.63) is 10.6 Å². The van der Waals surface area contributed by atoms with E-state index in [1.165, 1.54) is 17.7 Å². The SMILES string of the molecule is CC(C)(C)OC(=O)Nc1nc(CBr)c(C2(C)CC2)s1. The summed E-state index contributed by atoms with van der Waals surface area (Å²) in [5, 5.41) is 4.05. The van der Waals surface area contributed by atoms with Gasteiger partial charge in [0.25, 0.3) is 0 Å². The van der Waals surface area contributed by atoms with E-state index in [9.17, 15) is 4.79 Å². The van der Waals surface area contributed by atoms with Crippen molar-refractivity contribution in [2.45, 2.75) is 56.9 Å². The van der Waals surface area contributed by atoms with Gasteiger partial charge in [0.15, 0.2) is 5.13 Å². The molecule has 1 aromatic heterocycles. The lowest BCUT2D eigenvalue weighted by Crippen LogP contribution is -2.27. The molecule has 1 amide bonds. The van der Waals surface area contributed by atoms with Gasteiger partial charge in [-0.1, -0.05) is 22.9 Å². The maximum absolute atomic E-state index is 11.7. The van der Waals surface area contributed by atoms with Gasteiger partial charge in [0, 0.05) is 15.6 Å². The molecule has 0 atom stereocenters. The highest BCUT2D eigenvalue weighted by Gasteiger charge is 2.42. The van der Waals surface area contributed by atoms with Crippen molar-refractivity contribution in [2.24, 2.45) is 0 Å². The smallest absolute Gasteiger partial charge is 0.413 e. The summed E-state index contributed by atoms with van der Waals surface area (Å²) in [5.41, 5.74) is 0.788. The Balaban J connectivity index is 2.09. The average molecular weight is 347 g/mol. The molecule has 6 heteroatoms. The molecule has 0 radical (unpaired) electrons. The Morgan fingerprint density at radius 3 is 2.63 bits per heavy atom. The van der Waals surface area contributed by atoms with Crippen molar-refractivity contribution in [1.29, 1.82) is 0 Å². The fourth-order valence-corrected chi connectivity index (χ4v) is 3.53. The van der Waals surface area contributed by atoms with E-state index in [1.54, 1.807) is 11.3 Å². The number of aromatic nitrogens is 1. The van der Waals surface area contributed by atoms with E-state index in [1.807, 2.05) is 20.8 Å². The molecule has 4 nitrogen and oxygen atoms in total. The molecule has 106 valence electrons. The van der Waals surface area contributed by atoms with Crippen molar-refractivity contribution in [3.8, 4) is 0 Å². The minimum Gasteiger partial charge on any atom is -0.444 e. The molecular formula is C13H19BrN2O2S. The van der Waals surface area contributed by atoms with E-state index >= 15 is 0 Å². The largest absolute Gasteiger partial charge is 0.444 e. The molecule has 0 bridgehead atoms. The molecule has 0 aliphatic heterocycles. The highest BCUT2D eigenvalue weighted by Crippen LogP contribution is 2.52. The third-order valence-corrected chi connectivity index (χ3v) is 4.83. The molecule has 1 N–H and O–H groups in total. The predicted molar refractivity (Wildman–Crippen MR) is 81.2 cm³/mol. The van der Waals surface area contributed by atoms with E-state index in [-0.39, 0.29) is 5.41 Å². The lowest BCUT2D eigenvalue weighted by Gasteiger charge is -2.18. The summed E-state index contributed by atoms with van der Waals surface area (Å²) in [4.78, 5) is 17.5. The van der Waals surface area contributed by atoms with Gasteiger partial charge in [-0.3, -0.25) is 5.32 Å². The Kier molecular flexibility index (Phi) is 3.93. The van der Waals surface area contributed by atoms with Crippen molar-refractivity contribution in [3.63, 3.8) is 0 Å². The zero-order valence-corrected chi connectivity index (χ0v) is 14.1. The van der Waals surface area contributed by atoms with Crippen LogP contribution in [0.5, 0.6) is 0 Å². The van der Waals surface area contributed by atoms with Crippen LogP contribution in [0.25, 0.3) is 0 Å². The van der Waals surface area contributed by atoms with Gasteiger partial charge in [0.1, 0.15) is 5.60 Å². The second-order valence-corrected chi connectivity index (χ2v) is 7.68. The Labute approximate surface area is 126 Å². The number of anilines is 1. The van der Waals surface area contributed by atoms with Crippen LogP contribution in [0.2, 0.25) is 0 Å². The number of nitrogens with zero attached hydrogens (tertiary/aromatic N) is 1. The number of rotatable bonds is 3. The molecule has 1 aliphatic rings. The van der Waals surface area contributed by atoms with Crippen LogP contribution in [0.1, 0.15) is 51.1 Å². The molecule has 1 aromatic rings. The fraction of sp³-hybridized carbons (Fsp3) is 0.692. The molecule has 19 heavy (non-hydrogen) atoms. The first-order chi connectivity index (χ1) is 8.73. The molecule has 0 unspecified atom stereocenters. The van der Waals surface area contributed by atoms with Crippen molar-refractivity contribution < 1.29 is 9.53 Å². The number of amides is 1. The predicted octanol–water partition coefficient (Wildman–Crippen LogP) is 4.44. The second kappa shape index (κ2) is 5.05. The number of thiazole rings is 1. The van der Waals surface area contributed by atoms with Gasteiger partial charge in [-0.2, -0.15) is 0 Å². The molecule has 1 fully saturated rings. The number of hydrogen-bond acceptors (Lipinski definition) is 4. The van der Waals surface area contributed by atoms with Gasteiger partial charge >= 0.3 is 6.09 Å². The molecule has 1 saturated carbocycles. The number of halogens is 1. The number of nitrogens with one attached hydrogen (secondary N) is 1. The lowest BCUT2D eigenvalue weighted by molar-refractivity contribution is 0.0636. The first-order valence-electron chi connectivity index (χ1n) is 6.30. The van der Waals surface area contributed by atoms with Gasteiger partial charge in [-0.05, 0) is 33.6 Å². The highest BCUT2D eigenvalue weighted by atomic mass is 79.9. The van der Waals surface area contributed by atoms with Crippen LogP contribution < -0.4 is 5.32 Å². The van der Waals surface area contributed by atoms with Crippen LogP contribution >= 0.6 is 27.3 Å². The summed E-state index contributed by atoms with van der Waals surface area (Å²) in [6, 6.07) is 0. The van der Waals surface area contributed by atoms with Crippen molar-refractivity contribution in [2.75, 3.05) is 5.32 Å². The third-order valence-electron chi connectivity index (χ3n) is 2.98. The highest BCUT2D eigenvalue weighted by molar-refractivity contribution is 9.08. The quantitative estimate of drug-likeness (QED) is 0.823. The minimum atomic E-state index is -0.495. The maximum Gasteiger partial charge on any atom is 0.413 e. The molecule has 1 heterocycles.